The van der Waals surface area contributed by atoms with Crippen molar-refractivity contribution >= 4 is 5.97 Å². The molecule has 5 aliphatic rings. The normalized spacial score (nSPS) is 43.8. The molecule has 4 unspecified atom stereocenters. The van der Waals surface area contributed by atoms with Crippen LogP contribution in [0.3, 0.4) is 0 Å². The molecule has 1 heterocycles. The zero-order chi connectivity index (χ0) is 31.2. The maximum Gasteiger partial charge on any atom is 0.372 e. The van der Waals surface area contributed by atoms with E-state index in [4.69, 9.17) is 4.74 Å². The molecule has 0 amide bonds. The summed E-state index contributed by atoms with van der Waals surface area (Å²) in [6.45, 7) is 24.3. The van der Waals surface area contributed by atoms with Crippen molar-refractivity contribution in [1.29, 1.82) is 0 Å². The Labute approximate surface area is 274 Å². The van der Waals surface area contributed by atoms with E-state index in [1.165, 1.54) is 68.1 Å². The highest BCUT2D eigenvalue weighted by atomic mass is 35.5. The van der Waals surface area contributed by atoms with Gasteiger partial charge < -0.3 is 22.3 Å². The molecule has 44 heavy (non-hydrogen) atoms. The van der Waals surface area contributed by atoms with Crippen molar-refractivity contribution in [3.63, 3.8) is 0 Å². The average Bonchev–Trinajstić information content (AvgIpc) is 3.31. The summed E-state index contributed by atoms with van der Waals surface area (Å²) in [4.78, 5) is 13.3. The number of aliphatic hydroxyl groups excluding tert-OH is 1. The van der Waals surface area contributed by atoms with Crippen LogP contribution in [0.5, 0.6) is 0 Å². The van der Waals surface area contributed by atoms with Crippen molar-refractivity contribution in [1.82, 2.24) is 0 Å². The van der Waals surface area contributed by atoms with Crippen LogP contribution in [0.25, 0.3) is 0 Å². The minimum atomic E-state index is -0.108. The standard InChI is InChI=1S/C39H60NO3.ClH/c1-25(2)28-12-17-39(24-41)19-18-37(8)29(34(28)39)10-11-31-36(7)15-14-32(35(5,6)30(36)13-16-38(31,37)9)43-33(42)23-40-21-26(3)20-27(4)22-40;/h20-22,28-32,34,41H,1,10-19,23-24H2,2-9H3;1H/q+1;/p-1/t28-,29?,30?,31?,32-,34?,36-,37+,38+,39+;/m0./s1. The number of nitrogens with zero attached hydrogens (tertiary/aromatic N) is 1. The second-order valence-electron chi connectivity index (χ2n) is 17.6. The molecule has 0 radical (unpaired) electrons. The predicted molar refractivity (Wildman–Crippen MR) is 172 cm³/mol. The Kier molecular flexibility index (Phi) is 8.79. The number of hydrogen-bond donors (Lipinski definition) is 1. The van der Waals surface area contributed by atoms with Crippen molar-refractivity contribution in [3.05, 3.63) is 41.7 Å². The number of aromatic nitrogens is 1. The number of rotatable bonds is 5. The maximum absolute atomic E-state index is 13.3. The number of halogens is 1. The highest BCUT2D eigenvalue weighted by Crippen LogP contribution is 2.77. The second-order valence-corrected chi connectivity index (χ2v) is 17.6. The molecule has 246 valence electrons. The lowest BCUT2D eigenvalue weighted by molar-refractivity contribution is -0.686. The molecule has 10 atom stereocenters. The summed E-state index contributed by atoms with van der Waals surface area (Å²) < 4.78 is 8.35. The Morgan fingerprint density at radius 3 is 2.23 bits per heavy atom. The maximum atomic E-state index is 13.3. The number of carbonyl (C=O) groups is 1. The smallest absolute Gasteiger partial charge is 0.372 e. The van der Waals surface area contributed by atoms with Gasteiger partial charge in [0.05, 0.1) is 0 Å². The van der Waals surface area contributed by atoms with Crippen molar-refractivity contribution < 1.29 is 31.6 Å². The summed E-state index contributed by atoms with van der Waals surface area (Å²) in [6, 6.07) is 2.14. The number of carbonyl (C=O) groups excluding carboxylic acids is 1. The summed E-state index contributed by atoms with van der Waals surface area (Å²) in [5, 5.41) is 10.8. The first kappa shape index (κ1) is 34.0. The highest BCUT2D eigenvalue weighted by Gasteiger charge is 2.71. The Hall–Kier alpha value is -1.39. The molecule has 5 aliphatic carbocycles. The number of pyridine rings is 1. The molecule has 5 saturated carbocycles. The van der Waals surface area contributed by atoms with Crippen molar-refractivity contribution in [2.24, 2.45) is 56.7 Å². The van der Waals surface area contributed by atoms with Gasteiger partial charge in [0.25, 0.3) is 0 Å². The second kappa shape index (κ2) is 11.4. The lowest BCUT2D eigenvalue weighted by Crippen LogP contribution is -3.00. The van der Waals surface area contributed by atoms with Crippen LogP contribution in [0.2, 0.25) is 0 Å². The van der Waals surface area contributed by atoms with Gasteiger partial charge >= 0.3 is 5.97 Å². The van der Waals surface area contributed by atoms with E-state index in [2.05, 4.69) is 68.0 Å². The van der Waals surface area contributed by atoms with Crippen LogP contribution in [0, 0.1) is 70.5 Å². The Bertz CT molecular complexity index is 1270. The first-order valence-corrected chi connectivity index (χ1v) is 17.5. The number of aliphatic hydroxyl groups is 1. The van der Waals surface area contributed by atoms with Gasteiger partial charge in [0.15, 0.2) is 12.4 Å². The lowest BCUT2D eigenvalue weighted by Gasteiger charge is -2.73. The largest absolute Gasteiger partial charge is 1.00 e. The molecule has 5 heteroatoms. The van der Waals surface area contributed by atoms with E-state index in [9.17, 15) is 9.90 Å². The topological polar surface area (TPSA) is 50.4 Å². The van der Waals surface area contributed by atoms with Crippen LogP contribution in [-0.4, -0.2) is 23.8 Å². The molecule has 4 nitrogen and oxygen atoms in total. The van der Waals surface area contributed by atoms with Crippen LogP contribution in [-0.2, 0) is 16.1 Å². The lowest BCUT2D eigenvalue weighted by atomic mass is 9.32. The number of esters is 1. The van der Waals surface area contributed by atoms with Crippen LogP contribution in [0.15, 0.2) is 30.6 Å². The minimum absolute atomic E-state index is 0. The Morgan fingerprint density at radius 2 is 1.59 bits per heavy atom. The number of ether oxygens (including phenoxy) is 1. The van der Waals surface area contributed by atoms with Gasteiger partial charge in [-0.1, -0.05) is 46.8 Å². The molecule has 1 aromatic rings. The highest BCUT2D eigenvalue weighted by molar-refractivity contribution is 5.68. The molecule has 5 fully saturated rings. The van der Waals surface area contributed by atoms with Gasteiger partial charge in [-0.2, -0.15) is 4.57 Å². The molecule has 0 aliphatic heterocycles. The first-order valence-electron chi connectivity index (χ1n) is 17.5. The third kappa shape index (κ3) is 4.85. The molecule has 1 N–H and O–H groups in total. The molecule has 6 rings (SSSR count). The molecule has 0 spiro atoms. The summed E-state index contributed by atoms with van der Waals surface area (Å²) in [5.74, 6) is 2.95. The van der Waals surface area contributed by atoms with E-state index in [-0.39, 0.29) is 47.3 Å². The number of fused-ring (bicyclic) bond motifs is 7. The summed E-state index contributed by atoms with van der Waals surface area (Å²) in [6.07, 6.45) is 16.1. The number of aryl methyl sites for hydroxylation is 2. The van der Waals surface area contributed by atoms with Crippen LogP contribution < -0.4 is 17.0 Å². The van der Waals surface area contributed by atoms with E-state index in [0.29, 0.717) is 47.0 Å². The molecule has 0 bridgehead atoms. The fourth-order valence-corrected chi connectivity index (χ4v) is 13.2. The molecular formula is C39H60ClNO3. The number of hydrogen-bond acceptors (Lipinski definition) is 3. The van der Waals surface area contributed by atoms with Gasteiger partial charge in [0.1, 0.15) is 6.10 Å². The summed E-state index contributed by atoms with van der Waals surface area (Å²) in [7, 11) is 0. The Balaban J connectivity index is 0.00000384. The average molecular weight is 626 g/mol. The van der Waals surface area contributed by atoms with E-state index in [1.54, 1.807) is 0 Å². The van der Waals surface area contributed by atoms with E-state index in [0.717, 1.165) is 12.8 Å². The number of allylic oxidation sites excluding steroid dienone is 1. The van der Waals surface area contributed by atoms with Gasteiger partial charge in [-0.3, -0.25) is 0 Å². The van der Waals surface area contributed by atoms with Crippen LogP contribution in [0.1, 0.15) is 117 Å². The third-order valence-electron chi connectivity index (χ3n) is 15.3. The van der Waals surface area contributed by atoms with Gasteiger partial charge in [-0.15, -0.1) is 0 Å². The quantitative estimate of drug-likeness (QED) is 0.280. The fourth-order valence-electron chi connectivity index (χ4n) is 13.2. The van der Waals surface area contributed by atoms with Gasteiger partial charge in [-0.05, 0) is 142 Å². The van der Waals surface area contributed by atoms with Crippen molar-refractivity contribution in [2.45, 2.75) is 132 Å². The molecule has 1 aromatic heterocycles. The zero-order valence-electron chi connectivity index (χ0n) is 29.0. The van der Waals surface area contributed by atoms with Gasteiger partial charge in [0.2, 0.25) is 6.54 Å². The monoisotopic (exact) mass is 625 g/mol. The first-order chi connectivity index (χ1) is 20.1. The molecule has 0 saturated heterocycles. The van der Waals surface area contributed by atoms with E-state index in [1.807, 2.05) is 17.0 Å². The van der Waals surface area contributed by atoms with Gasteiger partial charge in [0, 0.05) is 23.1 Å². The third-order valence-corrected chi connectivity index (χ3v) is 15.3. The SMILES string of the molecule is C=C(C)[C@@H]1CC[C@]2(CO)CC[C@]3(C)C(CCC4[C@@]5(C)CC[C@H](OC(=O)C[n+]6cc(C)cc(C)c6)C(C)(C)C5CC[C@]43C)C12.[Cl-]. The molecule has 0 aromatic carbocycles. The molecular weight excluding hydrogens is 566 g/mol. The van der Waals surface area contributed by atoms with E-state index >= 15 is 0 Å². The van der Waals surface area contributed by atoms with Crippen LogP contribution >= 0.6 is 0 Å². The summed E-state index contributed by atoms with van der Waals surface area (Å²) >= 11 is 0. The summed E-state index contributed by atoms with van der Waals surface area (Å²) in [5.41, 5.74) is 4.58. The van der Waals surface area contributed by atoms with Crippen molar-refractivity contribution in [2.75, 3.05) is 6.61 Å². The zero-order valence-corrected chi connectivity index (χ0v) is 29.7. The minimum Gasteiger partial charge on any atom is -1.00 e. The predicted octanol–water partition coefficient (Wildman–Crippen LogP) is 5.16. The van der Waals surface area contributed by atoms with E-state index < -0.39 is 0 Å². The Morgan fingerprint density at radius 1 is 0.909 bits per heavy atom. The fraction of sp³-hybridized carbons (Fsp3) is 0.795. The van der Waals surface area contributed by atoms with Gasteiger partial charge in [-0.25, -0.2) is 4.79 Å². The van der Waals surface area contributed by atoms with Crippen LogP contribution in [0.4, 0.5) is 0 Å². The van der Waals surface area contributed by atoms with Crippen molar-refractivity contribution in [3.8, 4) is 0 Å².